The topological polar surface area (TPSA) is 45.2 Å². The van der Waals surface area contributed by atoms with Gasteiger partial charge in [-0.1, -0.05) is 24.3 Å². The van der Waals surface area contributed by atoms with Crippen LogP contribution in [0.1, 0.15) is 0 Å². The first-order chi connectivity index (χ1) is 12.0. The lowest BCUT2D eigenvalue weighted by atomic mass is 10.0. The van der Waals surface area contributed by atoms with Crippen molar-refractivity contribution in [1.29, 1.82) is 0 Å². The summed E-state index contributed by atoms with van der Waals surface area (Å²) < 4.78 is 0. The molecule has 1 aromatic heterocycles. The largest absolute Gasteiger partial charge is 0.378 e. The van der Waals surface area contributed by atoms with Crippen molar-refractivity contribution in [2.24, 2.45) is 0 Å². The number of nitrogens with zero attached hydrogens (tertiary/aromatic N) is 5. The second-order valence-corrected chi connectivity index (χ2v) is 6.59. The molecule has 0 spiro atoms. The van der Waals surface area contributed by atoms with Crippen LogP contribution in [0.4, 0.5) is 11.4 Å². The zero-order chi connectivity index (χ0) is 18.0. The van der Waals surface area contributed by atoms with Crippen LogP contribution in [-0.4, -0.2) is 43.4 Å². The third-order valence-electron chi connectivity index (χ3n) is 3.99. The average Bonchev–Trinajstić information content (AvgIpc) is 2.62. The molecule has 5 nitrogen and oxygen atoms in total. The van der Waals surface area contributed by atoms with E-state index in [0.717, 1.165) is 33.9 Å². The number of rotatable bonds is 4. The highest BCUT2D eigenvalue weighted by Gasteiger charge is 2.13. The van der Waals surface area contributed by atoms with Crippen LogP contribution < -0.4 is 9.80 Å². The molecule has 0 N–H and O–H groups in total. The molecule has 0 aliphatic heterocycles. The van der Waals surface area contributed by atoms with Gasteiger partial charge in [-0.05, 0) is 24.3 Å². The first-order valence-electron chi connectivity index (χ1n) is 7.95. The lowest BCUT2D eigenvalue weighted by molar-refractivity contribution is 0.854. The van der Waals surface area contributed by atoms with Crippen LogP contribution >= 0.6 is 12.6 Å². The lowest BCUT2D eigenvalue weighted by Gasteiger charge is -2.14. The van der Waals surface area contributed by atoms with Crippen molar-refractivity contribution in [3.05, 3.63) is 48.5 Å². The molecule has 25 heavy (non-hydrogen) atoms. The molecule has 0 bridgehead atoms. The standard InChI is InChI=1S/C19H21N5S/c1-23(2)15-9-5-13(6-10-15)17-18(21-22-19(25)20-17)14-7-11-16(12-8-14)24(3)4/h5-12H,1-4H3,(H,20,22,25). The summed E-state index contributed by atoms with van der Waals surface area (Å²) in [5.74, 6) is 0. The van der Waals surface area contributed by atoms with Crippen molar-refractivity contribution in [2.45, 2.75) is 5.16 Å². The van der Waals surface area contributed by atoms with Crippen LogP contribution in [0.25, 0.3) is 22.5 Å². The van der Waals surface area contributed by atoms with Crippen molar-refractivity contribution < 1.29 is 0 Å². The van der Waals surface area contributed by atoms with Gasteiger partial charge in [0.1, 0.15) is 11.4 Å². The SMILES string of the molecule is CN(C)c1ccc(-c2nnc(S)nc2-c2ccc(N(C)C)cc2)cc1. The molecule has 2 aromatic carbocycles. The van der Waals surface area contributed by atoms with Gasteiger partial charge in [0.25, 0.3) is 0 Å². The third-order valence-corrected chi connectivity index (χ3v) is 4.18. The molecule has 0 aliphatic carbocycles. The maximum Gasteiger partial charge on any atom is 0.206 e. The smallest absolute Gasteiger partial charge is 0.206 e. The molecule has 0 fully saturated rings. The van der Waals surface area contributed by atoms with Gasteiger partial charge in [0.15, 0.2) is 0 Å². The lowest BCUT2D eigenvalue weighted by Crippen LogP contribution is -2.08. The quantitative estimate of drug-likeness (QED) is 0.727. The van der Waals surface area contributed by atoms with Crippen molar-refractivity contribution >= 4 is 24.0 Å². The molecule has 0 atom stereocenters. The minimum atomic E-state index is 0.361. The summed E-state index contributed by atoms with van der Waals surface area (Å²) in [7, 11) is 8.07. The Morgan fingerprint density at radius 3 is 1.52 bits per heavy atom. The first kappa shape index (κ1) is 17.2. The number of aromatic nitrogens is 3. The average molecular weight is 351 g/mol. The van der Waals surface area contributed by atoms with E-state index in [-0.39, 0.29) is 0 Å². The molecule has 0 amide bonds. The summed E-state index contributed by atoms with van der Waals surface area (Å²) in [4.78, 5) is 8.64. The van der Waals surface area contributed by atoms with Crippen LogP contribution in [-0.2, 0) is 0 Å². The normalized spacial score (nSPS) is 10.6. The van der Waals surface area contributed by atoms with Crippen molar-refractivity contribution in [3.8, 4) is 22.5 Å². The first-order valence-corrected chi connectivity index (χ1v) is 8.39. The van der Waals surface area contributed by atoms with Gasteiger partial charge in [-0.25, -0.2) is 4.98 Å². The molecule has 0 aliphatic rings. The molecule has 0 saturated heterocycles. The second-order valence-electron chi connectivity index (χ2n) is 6.19. The highest BCUT2D eigenvalue weighted by Crippen LogP contribution is 2.30. The van der Waals surface area contributed by atoms with E-state index in [1.165, 1.54) is 0 Å². The summed E-state index contributed by atoms with van der Waals surface area (Å²) >= 11 is 4.26. The number of thiol groups is 1. The Kier molecular flexibility index (Phi) is 4.90. The predicted octanol–water partition coefficient (Wildman–Crippen LogP) is 3.63. The van der Waals surface area contributed by atoms with Crippen molar-refractivity contribution in [3.63, 3.8) is 0 Å². The van der Waals surface area contributed by atoms with Crippen LogP contribution in [0.5, 0.6) is 0 Å². The van der Waals surface area contributed by atoms with Crippen LogP contribution in [0.3, 0.4) is 0 Å². The Hall–Kier alpha value is -2.60. The van der Waals surface area contributed by atoms with Gasteiger partial charge in [0, 0.05) is 50.7 Å². The van der Waals surface area contributed by atoms with Crippen LogP contribution in [0.2, 0.25) is 0 Å². The van der Waals surface area contributed by atoms with Gasteiger partial charge in [0.05, 0.1) is 0 Å². The minimum Gasteiger partial charge on any atom is -0.378 e. The van der Waals surface area contributed by atoms with E-state index < -0.39 is 0 Å². The maximum absolute atomic E-state index is 4.52. The van der Waals surface area contributed by atoms with Crippen LogP contribution in [0.15, 0.2) is 53.7 Å². The van der Waals surface area contributed by atoms with E-state index >= 15 is 0 Å². The van der Waals surface area contributed by atoms with Gasteiger partial charge < -0.3 is 9.80 Å². The monoisotopic (exact) mass is 351 g/mol. The summed E-state index contributed by atoms with van der Waals surface area (Å²) in [6.45, 7) is 0. The zero-order valence-electron chi connectivity index (χ0n) is 14.8. The molecule has 1 heterocycles. The Morgan fingerprint density at radius 1 is 0.640 bits per heavy atom. The van der Waals surface area contributed by atoms with Crippen molar-refractivity contribution in [2.75, 3.05) is 38.0 Å². The fourth-order valence-electron chi connectivity index (χ4n) is 2.55. The van der Waals surface area contributed by atoms with E-state index in [2.05, 4.69) is 61.9 Å². The minimum absolute atomic E-state index is 0.361. The van der Waals surface area contributed by atoms with Gasteiger partial charge >= 0.3 is 0 Å². The van der Waals surface area contributed by atoms with Gasteiger partial charge in [0.2, 0.25) is 5.16 Å². The van der Waals surface area contributed by atoms with Gasteiger partial charge in [-0.2, -0.15) is 0 Å². The van der Waals surface area contributed by atoms with E-state index in [1.807, 2.05) is 52.5 Å². The Bertz CT molecular complexity index is 858. The van der Waals surface area contributed by atoms with E-state index in [1.54, 1.807) is 0 Å². The molecular formula is C19H21N5S. The summed E-state index contributed by atoms with van der Waals surface area (Å²) in [5.41, 5.74) is 5.76. The third kappa shape index (κ3) is 3.74. The van der Waals surface area contributed by atoms with Gasteiger partial charge in [-0.15, -0.1) is 22.8 Å². The second kappa shape index (κ2) is 7.11. The highest BCUT2D eigenvalue weighted by atomic mass is 32.1. The molecule has 128 valence electrons. The fourth-order valence-corrected chi connectivity index (χ4v) is 2.69. The number of hydrogen-bond acceptors (Lipinski definition) is 6. The fraction of sp³-hybridized carbons (Fsp3) is 0.211. The summed E-state index contributed by atoms with van der Waals surface area (Å²) in [6.07, 6.45) is 0. The Labute approximate surface area is 153 Å². The van der Waals surface area contributed by atoms with E-state index in [0.29, 0.717) is 5.16 Å². The predicted molar refractivity (Wildman–Crippen MR) is 107 cm³/mol. The Morgan fingerprint density at radius 2 is 1.08 bits per heavy atom. The Balaban J connectivity index is 2.06. The van der Waals surface area contributed by atoms with Crippen LogP contribution in [0, 0.1) is 0 Å². The highest BCUT2D eigenvalue weighted by molar-refractivity contribution is 7.80. The maximum atomic E-state index is 4.52. The summed E-state index contributed by atoms with van der Waals surface area (Å²) in [6, 6.07) is 16.4. The molecule has 3 aromatic rings. The number of hydrogen-bond donors (Lipinski definition) is 1. The molecule has 0 radical (unpaired) electrons. The molecule has 0 unspecified atom stereocenters. The van der Waals surface area contributed by atoms with Gasteiger partial charge in [-0.3, -0.25) is 0 Å². The number of benzene rings is 2. The van der Waals surface area contributed by atoms with E-state index in [4.69, 9.17) is 0 Å². The molecule has 0 saturated carbocycles. The zero-order valence-corrected chi connectivity index (χ0v) is 15.7. The van der Waals surface area contributed by atoms with E-state index in [9.17, 15) is 0 Å². The van der Waals surface area contributed by atoms with Crippen molar-refractivity contribution in [1.82, 2.24) is 15.2 Å². The molecule has 6 heteroatoms. The molecular weight excluding hydrogens is 330 g/mol. The summed E-state index contributed by atoms with van der Waals surface area (Å²) in [5, 5.41) is 8.73. The number of anilines is 2. The molecule has 3 rings (SSSR count).